The number of hydrogen-bond donors (Lipinski definition) is 1. The third-order valence-electron chi connectivity index (χ3n) is 1.87. The normalized spacial score (nSPS) is 10.1. The Morgan fingerprint density at radius 3 is 2.53 bits per heavy atom. The van der Waals surface area contributed by atoms with Gasteiger partial charge in [0.15, 0.2) is 11.5 Å². The van der Waals surface area contributed by atoms with Crippen LogP contribution in [0, 0.1) is 0 Å². The molecule has 1 heterocycles. The zero-order valence-electron chi connectivity index (χ0n) is 7.51. The number of carbonyl (C=O) groups is 1. The van der Waals surface area contributed by atoms with Gasteiger partial charge in [0.1, 0.15) is 0 Å². The van der Waals surface area contributed by atoms with E-state index in [9.17, 15) is 9.90 Å². The van der Waals surface area contributed by atoms with Crippen molar-refractivity contribution in [1.29, 1.82) is 0 Å². The largest absolute Gasteiger partial charge is 0.872 e. The van der Waals surface area contributed by atoms with Gasteiger partial charge in [-0.05, 0) is 0 Å². The molecule has 1 aromatic heterocycles. The standard InChI is InChI=1S/C10H7NO4/c12-7-3-1-6(2-4-7)9-5-8(10(13)14)11-15-9/h1-5,12H,(H,13,14)/p-1. The van der Waals surface area contributed by atoms with E-state index in [4.69, 9.17) is 9.63 Å². The van der Waals surface area contributed by atoms with Gasteiger partial charge in [0.05, 0.1) is 0 Å². The Bertz CT molecular complexity index is 486. The molecule has 15 heavy (non-hydrogen) atoms. The van der Waals surface area contributed by atoms with Crippen LogP contribution in [0.25, 0.3) is 11.3 Å². The quantitative estimate of drug-likeness (QED) is 0.791. The van der Waals surface area contributed by atoms with Crippen LogP contribution >= 0.6 is 0 Å². The summed E-state index contributed by atoms with van der Waals surface area (Å²) in [5, 5.41) is 22.8. The van der Waals surface area contributed by atoms with Crippen LogP contribution in [-0.4, -0.2) is 16.2 Å². The van der Waals surface area contributed by atoms with Gasteiger partial charge in [-0.2, -0.15) is 0 Å². The van der Waals surface area contributed by atoms with Gasteiger partial charge in [0, 0.05) is 11.6 Å². The van der Waals surface area contributed by atoms with Crippen molar-refractivity contribution in [2.24, 2.45) is 0 Å². The Morgan fingerprint density at radius 1 is 1.33 bits per heavy atom. The minimum Gasteiger partial charge on any atom is -0.872 e. The van der Waals surface area contributed by atoms with E-state index in [-0.39, 0.29) is 11.4 Å². The Labute approximate surface area is 84.6 Å². The highest BCUT2D eigenvalue weighted by Gasteiger charge is 2.11. The molecular formula is C10H6NO4-. The average Bonchev–Trinajstić information content (AvgIpc) is 2.68. The van der Waals surface area contributed by atoms with Crippen LogP contribution in [0.2, 0.25) is 0 Å². The summed E-state index contributed by atoms with van der Waals surface area (Å²) in [4.78, 5) is 10.5. The lowest BCUT2D eigenvalue weighted by Gasteiger charge is -2.03. The number of carboxylic acid groups (broad SMARTS) is 1. The predicted molar refractivity (Wildman–Crippen MR) is 48.3 cm³/mol. The van der Waals surface area contributed by atoms with E-state index < -0.39 is 5.97 Å². The molecule has 0 bridgehead atoms. The van der Waals surface area contributed by atoms with Gasteiger partial charge >= 0.3 is 5.97 Å². The summed E-state index contributed by atoms with van der Waals surface area (Å²) in [6, 6.07) is 7.15. The summed E-state index contributed by atoms with van der Waals surface area (Å²) in [7, 11) is 0. The van der Waals surface area contributed by atoms with Gasteiger partial charge in [-0.1, -0.05) is 29.4 Å². The summed E-state index contributed by atoms with van der Waals surface area (Å²) in [5.74, 6) is -0.936. The van der Waals surface area contributed by atoms with Crippen LogP contribution in [0.15, 0.2) is 34.9 Å². The van der Waals surface area contributed by atoms with Crippen molar-refractivity contribution in [3.8, 4) is 17.1 Å². The van der Waals surface area contributed by atoms with Gasteiger partial charge in [0.2, 0.25) is 0 Å². The van der Waals surface area contributed by atoms with Crippen LogP contribution in [0.5, 0.6) is 5.75 Å². The average molecular weight is 204 g/mol. The van der Waals surface area contributed by atoms with Crippen molar-refractivity contribution >= 4 is 5.97 Å². The fourth-order valence-corrected chi connectivity index (χ4v) is 1.13. The van der Waals surface area contributed by atoms with E-state index in [1.807, 2.05) is 0 Å². The molecule has 76 valence electrons. The highest BCUT2D eigenvalue weighted by Crippen LogP contribution is 2.21. The van der Waals surface area contributed by atoms with Crippen molar-refractivity contribution in [3.63, 3.8) is 0 Å². The number of rotatable bonds is 2. The molecule has 0 aliphatic carbocycles. The highest BCUT2D eigenvalue weighted by atomic mass is 16.5. The van der Waals surface area contributed by atoms with Gasteiger partial charge in [-0.3, -0.25) is 0 Å². The number of hydrogen-bond acceptors (Lipinski definition) is 4. The van der Waals surface area contributed by atoms with E-state index in [1.54, 1.807) is 12.1 Å². The molecule has 0 saturated heterocycles. The monoisotopic (exact) mass is 204 g/mol. The minimum atomic E-state index is -1.15. The molecule has 5 nitrogen and oxygen atoms in total. The zero-order chi connectivity index (χ0) is 10.8. The minimum absolute atomic E-state index is 0.114. The van der Waals surface area contributed by atoms with Crippen LogP contribution in [0.4, 0.5) is 0 Å². The Kier molecular flexibility index (Phi) is 2.13. The van der Waals surface area contributed by atoms with Crippen LogP contribution in [0.1, 0.15) is 10.5 Å². The molecule has 0 aliphatic rings. The van der Waals surface area contributed by atoms with Crippen molar-refractivity contribution in [2.75, 3.05) is 0 Å². The van der Waals surface area contributed by atoms with Gasteiger partial charge in [-0.25, -0.2) is 4.79 Å². The number of aromatic carboxylic acids is 1. The maximum absolute atomic E-state index is 10.8. The second kappa shape index (κ2) is 3.45. The molecule has 0 fully saturated rings. The maximum atomic E-state index is 10.8. The van der Waals surface area contributed by atoms with Crippen LogP contribution in [0.3, 0.4) is 0 Å². The zero-order valence-corrected chi connectivity index (χ0v) is 7.51. The second-order valence-electron chi connectivity index (χ2n) is 2.91. The Hall–Kier alpha value is -2.30. The first-order valence-corrected chi connectivity index (χ1v) is 4.14. The molecule has 0 spiro atoms. The maximum Gasteiger partial charge on any atom is 0.358 e. The van der Waals surface area contributed by atoms with Crippen molar-refractivity contribution in [2.45, 2.75) is 0 Å². The Balaban J connectivity index is 2.37. The fourth-order valence-electron chi connectivity index (χ4n) is 1.13. The van der Waals surface area contributed by atoms with Gasteiger partial charge in [0.25, 0.3) is 0 Å². The van der Waals surface area contributed by atoms with E-state index >= 15 is 0 Å². The first-order chi connectivity index (χ1) is 7.16. The first-order valence-electron chi connectivity index (χ1n) is 4.14. The molecule has 1 aromatic carbocycles. The number of carboxylic acids is 1. The Morgan fingerprint density at radius 2 is 2.00 bits per heavy atom. The third-order valence-corrected chi connectivity index (χ3v) is 1.87. The molecule has 0 saturated carbocycles. The number of aromatic nitrogens is 1. The lowest BCUT2D eigenvalue weighted by molar-refractivity contribution is -0.268. The summed E-state index contributed by atoms with van der Waals surface area (Å²) in [6.45, 7) is 0. The molecule has 0 atom stereocenters. The van der Waals surface area contributed by atoms with Gasteiger partial charge < -0.3 is 14.7 Å². The summed E-state index contributed by atoms with van der Waals surface area (Å²) >= 11 is 0. The smallest absolute Gasteiger partial charge is 0.358 e. The lowest BCUT2D eigenvalue weighted by Crippen LogP contribution is -1.94. The fraction of sp³-hybridized carbons (Fsp3) is 0. The van der Waals surface area contributed by atoms with Crippen LogP contribution < -0.4 is 5.11 Å². The third kappa shape index (κ3) is 1.80. The van der Waals surface area contributed by atoms with E-state index in [2.05, 4.69) is 5.16 Å². The highest BCUT2D eigenvalue weighted by molar-refractivity contribution is 5.86. The van der Waals surface area contributed by atoms with Crippen molar-refractivity contribution < 1.29 is 19.5 Å². The van der Waals surface area contributed by atoms with Crippen molar-refractivity contribution in [3.05, 3.63) is 36.0 Å². The molecule has 0 aliphatic heterocycles. The summed E-state index contributed by atoms with van der Waals surface area (Å²) < 4.78 is 4.82. The van der Waals surface area contributed by atoms with Crippen molar-refractivity contribution in [1.82, 2.24) is 5.16 Å². The molecule has 0 amide bonds. The SMILES string of the molecule is O=C(O)c1cc(-c2ccc([O-])cc2)on1. The number of benzene rings is 1. The lowest BCUT2D eigenvalue weighted by atomic mass is 10.1. The topological polar surface area (TPSA) is 86.4 Å². The van der Waals surface area contributed by atoms with Crippen LogP contribution in [-0.2, 0) is 0 Å². The summed E-state index contributed by atoms with van der Waals surface area (Å²) in [5.41, 5.74) is 0.464. The second-order valence-corrected chi connectivity index (χ2v) is 2.91. The van der Waals surface area contributed by atoms with Gasteiger partial charge in [-0.15, -0.1) is 5.75 Å². The van der Waals surface area contributed by atoms with E-state index in [0.717, 1.165) is 0 Å². The molecule has 2 aromatic rings. The number of nitrogens with zero attached hydrogens (tertiary/aromatic N) is 1. The molecule has 1 N–H and O–H groups in total. The van der Waals surface area contributed by atoms with E-state index in [1.165, 1.54) is 18.2 Å². The molecule has 5 heteroatoms. The summed E-state index contributed by atoms with van der Waals surface area (Å²) in [6.07, 6.45) is 0. The molecule has 2 rings (SSSR count). The first kappa shape index (κ1) is 9.26. The molecule has 0 unspecified atom stereocenters. The molecular weight excluding hydrogens is 198 g/mol. The van der Waals surface area contributed by atoms with E-state index in [0.29, 0.717) is 11.3 Å². The predicted octanol–water partition coefficient (Wildman–Crippen LogP) is 1.11. The molecule has 0 radical (unpaired) electrons.